The van der Waals surface area contributed by atoms with E-state index in [-0.39, 0.29) is 11.8 Å². The van der Waals surface area contributed by atoms with Crippen LogP contribution in [0.1, 0.15) is 22.7 Å². The molecule has 4 rings (SSSR count). The second-order valence-electron chi connectivity index (χ2n) is 6.99. The van der Waals surface area contributed by atoms with Gasteiger partial charge in [-0.25, -0.2) is 4.98 Å². The van der Waals surface area contributed by atoms with Crippen LogP contribution in [0, 0.1) is 6.92 Å². The minimum atomic E-state index is -0.384. The summed E-state index contributed by atoms with van der Waals surface area (Å²) in [7, 11) is 3.20. The van der Waals surface area contributed by atoms with E-state index < -0.39 is 0 Å². The fourth-order valence-electron chi connectivity index (χ4n) is 3.51. The Labute approximate surface area is 175 Å². The number of aromatic nitrogens is 2. The third-order valence-electron chi connectivity index (χ3n) is 5.04. The smallest absolute Gasteiger partial charge is 0.161 e. The van der Waals surface area contributed by atoms with Crippen molar-refractivity contribution in [2.45, 2.75) is 13.0 Å². The number of fused-ring (bicyclic) bond motifs is 1. The summed E-state index contributed by atoms with van der Waals surface area (Å²) in [5, 5.41) is 15.4. The van der Waals surface area contributed by atoms with E-state index in [9.17, 15) is 5.11 Å². The predicted molar refractivity (Wildman–Crippen MR) is 117 cm³/mol. The summed E-state index contributed by atoms with van der Waals surface area (Å²) in [6, 6.07) is 16.8. The van der Waals surface area contributed by atoms with E-state index in [1.165, 1.54) is 0 Å². The van der Waals surface area contributed by atoms with E-state index in [2.05, 4.69) is 15.3 Å². The van der Waals surface area contributed by atoms with E-state index in [1.54, 1.807) is 26.6 Å². The van der Waals surface area contributed by atoms with Gasteiger partial charge in [0.2, 0.25) is 0 Å². The van der Waals surface area contributed by atoms with Crippen molar-refractivity contribution < 1.29 is 14.6 Å². The number of rotatable bonds is 6. The first-order chi connectivity index (χ1) is 14.6. The molecule has 2 aromatic carbocycles. The van der Waals surface area contributed by atoms with Gasteiger partial charge in [0.05, 0.1) is 20.3 Å². The Morgan fingerprint density at radius 1 is 0.900 bits per heavy atom. The maximum atomic E-state index is 11.1. The van der Waals surface area contributed by atoms with Gasteiger partial charge in [-0.05, 0) is 48.4 Å². The highest BCUT2D eigenvalue weighted by molar-refractivity contribution is 5.86. The van der Waals surface area contributed by atoms with Crippen LogP contribution in [-0.4, -0.2) is 29.3 Å². The number of pyridine rings is 2. The highest BCUT2D eigenvalue weighted by atomic mass is 16.5. The number of anilines is 1. The molecule has 0 bridgehead atoms. The quantitative estimate of drug-likeness (QED) is 0.480. The van der Waals surface area contributed by atoms with E-state index >= 15 is 0 Å². The van der Waals surface area contributed by atoms with Crippen molar-refractivity contribution in [3.8, 4) is 17.2 Å². The zero-order chi connectivity index (χ0) is 21.1. The molecule has 0 aliphatic rings. The number of methoxy groups -OCH3 is 2. The molecule has 152 valence electrons. The van der Waals surface area contributed by atoms with E-state index in [4.69, 9.17) is 9.47 Å². The average molecular weight is 401 g/mol. The lowest BCUT2D eigenvalue weighted by molar-refractivity contribution is 0.354. The number of hydrogen-bond donors (Lipinski definition) is 2. The first-order valence-corrected chi connectivity index (χ1v) is 9.58. The molecule has 4 aromatic rings. The first-order valence-electron chi connectivity index (χ1n) is 9.58. The fourth-order valence-corrected chi connectivity index (χ4v) is 3.51. The summed E-state index contributed by atoms with van der Waals surface area (Å²) >= 11 is 0. The summed E-state index contributed by atoms with van der Waals surface area (Å²) in [4.78, 5) is 8.80. The Morgan fingerprint density at radius 2 is 1.73 bits per heavy atom. The Morgan fingerprint density at radius 3 is 2.50 bits per heavy atom. The van der Waals surface area contributed by atoms with Crippen LogP contribution >= 0.6 is 0 Å². The summed E-state index contributed by atoms with van der Waals surface area (Å²) < 4.78 is 10.9. The number of nitrogens with one attached hydrogen (secondary N) is 1. The molecule has 0 fully saturated rings. The van der Waals surface area contributed by atoms with Gasteiger partial charge in [-0.3, -0.25) is 4.98 Å². The van der Waals surface area contributed by atoms with Gasteiger partial charge in [-0.2, -0.15) is 0 Å². The Balaban J connectivity index is 1.87. The lowest BCUT2D eigenvalue weighted by Crippen LogP contribution is -2.14. The molecule has 0 amide bonds. The zero-order valence-corrected chi connectivity index (χ0v) is 17.1. The van der Waals surface area contributed by atoms with Gasteiger partial charge in [-0.1, -0.05) is 24.3 Å². The number of aromatic hydroxyl groups is 1. The summed E-state index contributed by atoms with van der Waals surface area (Å²) in [6.45, 7) is 2.01. The molecule has 2 heterocycles. The summed E-state index contributed by atoms with van der Waals surface area (Å²) in [5.74, 6) is 2.08. The van der Waals surface area contributed by atoms with Crippen molar-refractivity contribution in [3.05, 3.63) is 83.7 Å². The van der Waals surface area contributed by atoms with Crippen LogP contribution in [-0.2, 0) is 0 Å². The first kappa shape index (κ1) is 19.5. The largest absolute Gasteiger partial charge is 0.505 e. The monoisotopic (exact) mass is 401 g/mol. The van der Waals surface area contributed by atoms with Crippen molar-refractivity contribution in [2.24, 2.45) is 0 Å². The minimum Gasteiger partial charge on any atom is -0.505 e. The highest BCUT2D eigenvalue weighted by Crippen LogP contribution is 2.39. The number of ether oxygens (including phenoxy) is 2. The summed E-state index contributed by atoms with van der Waals surface area (Å²) in [6.07, 6.45) is 3.43. The van der Waals surface area contributed by atoms with Crippen molar-refractivity contribution in [1.29, 1.82) is 0 Å². The zero-order valence-electron chi connectivity index (χ0n) is 17.1. The Bertz CT molecular complexity index is 1190. The molecule has 0 unspecified atom stereocenters. The number of benzene rings is 2. The molecule has 2 aromatic heterocycles. The van der Waals surface area contributed by atoms with E-state index in [0.717, 1.165) is 16.5 Å². The standard InChI is InChI=1S/C24H23N3O3/c1-15-10-12-25-21(13-15)27-22(17-7-9-19(29-2)20(14-17)30-3)18-8-6-16-5-4-11-26-23(16)24(18)28/h4-14,22,28H,1-3H3,(H,25,27)/t22-/m1/s1. The van der Waals surface area contributed by atoms with E-state index in [1.807, 2.05) is 61.5 Å². The molecule has 6 heteroatoms. The molecule has 0 aliphatic carbocycles. The molecule has 0 spiro atoms. The minimum absolute atomic E-state index is 0.132. The molecule has 0 saturated heterocycles. The van der Waals surface area contributed by atoms with Crippen molar-refractivity contribution >= 4 is 16.7 Å². The molecular formula is C24H23N3O3. The van der Waals surface area contributed by atoms with Crippen LogP contribution in [0.4, 0.5) is 5.82 Å². The SMILES string of the molecule is COc1ccc([C@@H](Nc2cc(C)ccn2)c2ccc3cccnc3c2O)cc1OC. The Kier molecular flexibility index (Phi) is 5.39. The molecule has 30 heavy (non-hydrogen) atoms. The molecular weight excluding hydrogens is 378 g/mol. The van der Waals surface area contributed by atoms with E-state index in [0.29, 0.717) is 28.4 Å². The number of aryl methyl sites for hydroxylation is 1. The van der Waals surface area contributed by atoms with Gasteiger partial charge < -0.3 is 19.9 Å². The maximum absolute atomic E-state index is 11.1. The maximum Gasteiger partial charge on any atom is 0.161 e. The van der Waals surface area contributed by atoms with Gasteiger partial charge in [-0.15, -0.1) is 0 Å². The highest BCUT2D eigenvalue weighted by Gasteiger charge is 2.22. The van der Waals surface area contributed by atoms with Crippen LogP contribution in [0.5, 0.6) is 17.2 Å². The predicted octanol–water partition coefficient (Wildman–Crippen LogP) is 4.86. The second kappa shape index (κ2) is 8.29. The molecule has 1 atom stereocenters. The van der Waals surface area contributed by atoms with Crippen LogP contribution in [0.15, 0.2) is 67.0 Å². The van der Waals surface area contributed by atoms with Gasteiger partial charge in [0.25, 0.3) is 0 Å². The van der Waals surface area contributed by atoms with Crippen LogP contribution in [0.3, 0.4) is 0 Å². The van der Waals surface area contributed by atoms with Crippen LogP contribution in [0.25, 0.3) is 10.9 Å². The number of nitrogens with zero attached hydrogens (tertiary/aromatic N) is 2. The third kappa shape index (κ3) is 3.72. The number of hydrogen-bond acceptors (Lipinski definition) is 6. The Hall–Kier alpha value is -3.80. The third-order valence-corrected chi connectivity index (χ3v) is 5.04. The lowest BCUT2D eigenvalue weighted by Gasteiger charge is -2.23. The van der Waals surface area contributed by atoms with Crippen molar-refractivity contribution in [2.75, 3.05) is 19.5 Å². The van der Waals surface area contributed by atoms with Crippen molar-refractivity contribution in [3.63, 3.8) is 0 Å². The van der Waals surface area contributed by atoms with Crippen molar-refractivity contribution in [1.82, 2.24) is 9.97 Å². The van der Waals surface area contributed by atoms with Gasteiger partial charge in [0.1, 0.15) is 17.1 Å². The normalized spacial score (nSPS) is 11.8. The second-order valence-corrected chi connectivity index (χ2v) is 6.99. The molecule has 0 saturated carbocycles. The van der Waals surface area contributed by atoms with Crippen LogP contribution < -0.4 is 14.8 Å². The average Bonchev–Trinajstić information content (AvgIpc) is 2.78. The fraction of sp³-hybridized carbons (Fsp3) is 0.167. The summed E-state index contributed by atoms with van der Waals surface area (Å²) in [5.41, 5.74) is 3.22. The topological polar surface area (TPSA) is 76.5 Å². The lowest BCUT2D eigenvalue weighted by atomic mass is 9.95. The van der Waals surface area contributed by atoms with Gasteiger partial charge in [0.15, 0.2) is 11.5 Å². The number of phenolic OH excluding ortho intramolecular Hbond substituents is 1. The molecule has 2 N–H and O–H groups in total. The number of phenols is 1. The molecule has 0 radical (unpaired) electrons. The molecule has 0 aliphatic heterocycles. The van der Waals surface area contributed by atoms with Gasteiger partial charge in [0, 0.05) is 23.3 Å². The van der Waals surface area contributed by atoms with Gasteiger partial charge >= 0.3 is 0 Å². The van der Waals surface area contributed by atoms with Crippen LogP contribution in [0.2, 0.25) is 0 Å². The molecule has 6 nitrogen and oxygen atoms in total.